The number of carbonyl (C=O) groups excluding carboxylic acids is 1. The number of aromatic nitrogens is 1. The Morgan fingerprint density at radius 2 is 2.10 bits per heavy atom. The van der Waals surface area contributed by atoms with E-state index >= 15 is 0 Å². The number of nitrogens with zero attached hydrogens (tertiary/aromatic N) is 1. The summed E-state index contributed by atoms with van der Waals surface area (Å²) >= 11 is 7.38. The Balaban J connectivity index is 2.39. The lowest BCUT2D eigenvalue weighted by molar-refractivity contribution is 0.0526. The second-order valence-electron chi connectivity index (χ2n) is 3.95. The molecule has 112 valence electrons. The van der Waals surface area contributed by atoms with Crippen LogP contribution in [-0.2, 0) is 4.74 Å². The van der Waals surface area contributed by atoms with Crippen molar-refractivity contribution in [3.8, 4) is 22.8 Å². The molecule has 7 heteroatoms. The van der Waals surface area contributed by atoms with E-state index in [-0.39, 0.29) is 0 Å². The van der Waals surface area contributed by atoms with Crippen LogP contribution < -0.4 is 9.47 Å². The third kappa shape index (κ3) is 3.28. The number of ether oxygens (including phenoxy) is 3. The maximum absolute atomic E-state index is 11.6. The van der Waals surface area contributed by atoms with E-state index in [4.69, 9.17) is 25.8 Å². The Bertz CT molecular complexity index is 656. The van der Waals surface area contributed by atoms with E-state index in [1.54, 1.807) is 24.4 Å². The fourth-order valence-corrected chi connectivity index (χ4v) is 2.76. The zero-order valence-corrected chi connectivity index (χ0v) is 13.4. The van der Waals surface area contributed by atoms with Gasteiger partial charge >= 0.3 is 5.97 Å². The van der Waals surface area contributed by atoms with Gasteiger partial charge in [-0.05, 0) is 19.1 Å². The topological polar surface area (TPSA) is 57.7 Å². The number of benzene rings is 1. The molecular formula is C14H14ClNO4S. The van der Waals surface area contributed by atoms with Crippen molar-refractivity contribution in [3.63, 3.8) is 0 Å². The predicted octanol–water partition coefficient (Wildman–Crippen LogP) is 3.66. The summed E-state index contributed by atoms with van der Waals surface area (Å²) in [5, 5.41) is 2.49. The van der Waals surface area contributed by atoms with E-state index in [2.05, 4.69) is 4.98 Å². The molecule has 0 fully saturated rings. The zero-order chi connectivity index (χ0) is 15.4. The summed E-state index contributed by atoms with van der Waals surface area (Å²) in [6.07, 6.45) is 0. The fourth-order valence-electron chi connectivity index (χ4n) is 1.76. The smallest absolute Gasteiger partial charge is 0.367 e. The lowest BCUT2D eigenvalue weighted by Gasteiger charge is -2.10. The average molecular weight is 328 g/mol. The molecule has 0 atom stereocenters. The minimum atomic E-state index is -0.430. The number of hydrogen-bond acceptors (Lipinski definition) is 6. The monoisotopic (exact) mass is 327 g/mol. The van der Waals surface area contributed by atoms with E-state index < -0.39 is 5.97 Å². The number of rotatable bonds is 5. The van der Waals surface area contributed by atoms with Gasteiger partial charge in [0.25, 0.3) is 0 Å². The van der Waals surface area contributed by atoms with Crippen molar-refractivity contribution < 1.29 is 19.0 Å². The molecule has 0 amide bonds. The van der Waals surface area contributed by atoms with Crippen LogP contribution in [0.2, 0.25) is 5.02 Å². The molecule has 0 aliphatic rings. The maximum Gasteiger partial charge on any atom is 0.367 e. The summed E-state index contributed by atoms with van der Waals surface area (Å²) in [5.74, 6) is 0.537. The highest BCUT2D eigenvalue weighted by molar-refractivity contribution is 7.11. The summed E-state index contributed by atoms with van der Waals surface area (Å²) in [6.45, 7) is 2.07. The normalized spacial score (nSPS) is 10.3. The van der Waals surface area contributed by atoms with Gasteiger partial charge in [-0.2, -0.15) is 0 Å². The van der Waals surface area contributed by atoms with Crippen molar-refractivity contribution in [3.05, 3.63) is 27.5 Å². The molecule has 21 heavy (non-hydrogen) atoms. The molecule has 2 rings (SSSR count). The molecule has 0 saturated heterocycles. The molecule has 1 aromatic carbocycles. The van der Waals surface area contributed by atoms with Crippen molar-refractivity contribution in [1.29, 1.82) is 0 Å². The van der Waals surface area contributed by atoms with E-state index in [1.165, 1.54) is 25.6 Å². The van der Waals surface area contributed by atoms with Gasteiger partial charge in [0, 0.05) is 10.9 Å². The standard InChI is InChI=1S/C14H14ClNO4S/c1-4-20-14(17)13-16-10(7-21-13)8-5-9(15)12(19-3)11(6-8)18-2/h5-7H,4H2,1-3H3. The summed E-state index contributed by atoms with van der Waals surface area (Å²) in [5.41, 5.74) is 1.37. The summed E-state index contributed by atoms with van der Waals surface area (Å²) in [4.78, 5) is 15.9. The van der Waals surface area contributed by atoms with Crippen LogP contribution in [0, 0.1) is 0 Å². The van der Waals surface area contributed by atoms with E-state index in [0.29, 0.717) is 33.8 Å². The fraction of sp³-hybridized carbons (Fsp3) is 0.286. The SMILES string of the molecule is CCOC(=O)c1nc(-c2cc(Cl)c(OC)c(OC)c2)cs1. The van der Waals surface area contributed by atoms with Gasteiger partial charge in [0.15, 0.2) is 11.5 Å². The van der Waals surface area contributed by atoms with E-state index in [1.807, 2.05) is 0 Å². The van der Waals surface area contributed by atoms with Crippen molar-refractivity contribution in [1.82, 2.24) is 4.98 Å². The summed E-state index contributed by atoms with van der Waals surface area (Å²) in [6, 6.07) is 3.47. The molecule has 0 unspecified atom stereocenters. The number of esters is 1. The predicted molar refractivity (Wildman–Crippen MR) is 81.6 cm³/mol. The van der Waals surface area contributed by atoms with Crippen LogP contribution in [0.5, 0.6) is 11.5 Å². The van der Waals surface area contributed by atoms with Crippen LogP contribution >= 0.6 is 22.9 Å². The Morgan fingerprint density at radius 3 is 2.71 bits per heavy atom. The van der Waals surface area contributed by atoms with Gasteiger partial charge in [0.2, 0.25) is 5.01 Å². The number of thiazole rings is 1. The van der Waals surface area contributed by atoms with E-state index in [0.717, 1.165) is 5.56 Å². The molecule has 1 aromatic heterocycles. The van der Waals surface area contributed by atoms with Crippen LogP contribution in [-0.4, -0.2) is 31.8 Å². The second-order valence-corrected chi connectivity index (χ2v) is 5.22. The summed E-state index contributed by atoms with van der Waals surface area (Å²) in [7, 11) is 3.05. The van der Waals surface area contributed by atoms with Gasteiger partial charge in [-0.25, -0.2) is 9.78 Å². The Hall–Kier alpha value is -1.79. The van der Waals surface area contributed by atoms with Crippen LogP contribution in [0.4, 0.5) is 0 Å². The molecule has 0 bridgehead atoms. The lowest BCUT2D eigenvalue weighted by Crippen LogP contribution is -2.03. The largest absolute Gasteiger partial charge is 0.493 e. The first-order valence-electron chi connectivity index (χ1n) is 6.15. The van der Waals surface area contributed by atoms with Gasteiger partial charge < -0.3 is 14.2 Å². The van der Waals surface area contributed by atoms with Crippen LogP contribution in [0.25, 0.3) is 11.3 Å². The highest BCUT2D eigenvalue weighted by Gasteiger charge is 2.16. The third-order valence-electron chi connectivity index (χ3n) is 2.68. The molecule has 0 aliphatic heterocycles. The molecule has 0 N–H and O–H groups in total. The Labute approximate surface area is 131 Å². The quantitative estimate of drug-likeness (QED) is 0.784. The maximum atomic E-state index is 11.6. The molecule has 2 aromatic rings. The Kier molecular flexibility index (Phi) is 5.03. The van der Waals surface area contributed by atoms with Gasteiger partial charge in [-0.3, -0.25) is 0 Å². The lowest BCUT2D eigenvalue weighted by atomic mass is 10.1. The zero-order valence-electron chi connectivity index (χ0n) is 11.8. The molecule has 0 saturated carbocycles. The second kappa shape index (κ2) is 6.78. The molecule has 5 nitrogen and oxygen atoms in total. The highest BCUT2D eigenvalue weighted by atomic mass is 35.5. The van der Waals surface area contributed by atoms with Gasteiger partial charge in [0.05, 0.1) is 31.5 Å². The summed E-state index contributed by atoms with van der Waals surface area (Å²) < 4.78 is 15.4. The minimum Gasteiger partial charge on any atom is -0.493 e. The van der Waals surface area contributed by atoms with Gasteiger partial charge in [-0.15, -0.1) is 11.3 Å². The highest BCUT2D eigenvalue weighted by Crippen LogP contribution is 2.39. The van der Waals surface area contributed by atoms with Gasteiger partial charge in [0.1, 0.15) is 0 Å². The van der Waals surface area contributed by atoms with Crippen molar-refractivity contribution in [2.75, 3.05) is 20.8 Å². The first-order chi connectivity index (χ1) is 10.1. The Morgan fingerprint density at radius 1 is 1.33 bits per heavy atom. The van der Waals surface area contributed by atoms with Crippen LogP contribution in [0.15, 0.2) is 17.5 Å². The van der Waals surface area contributed by atoms with Crippen molar-refractivity contribution in [2.24, 2.45) is 0 Å². The number of hydrogen-bond donors (Lipinski definition) is 0. The first-order valence-corrected chi connectivity index (χ1v) is 7.41. The average Bonchev–Trinajstić information content (AvgIpc) is 2.96. The van der Waals surface area contributed by atoms with Crippen molar-refractivity contribution in [2.45, 2.75) is 6.92 Å². The first kappa shape index (κ1) is 15.6. The third-order valence-corrected chi connectivity index (χ3v) is 3.79. The molecular weight excluding hydrogens is 314 g/mol. The minimum absolute atomic E-state index is 0.303. The molecule has 0 radical (unpaired) electrons. The molecule has 1 heterocycles. The van der Waals surface area contributed by atoms with E-state index in [9.17, 15) is 4.79 Å². The molecule has 0 aliphatic carbocycles. The van der Waals surface area contributed by atoms with Crippen LogP contribution in [0.1, 0.15) is 16.7 Å². The van der Waals surface area contributed by atoms with Crippen molar-refractivity contribution >= 4 is 28.9 Å². The number of carbonyl (C=O) groups is 1. The number of methoxy groups -OCH3 is 2. The molecule has 0 spiro atoms. The van der Waals surface area contributed by atoms with Gasteiger partial charge in [-0.1, -0.05) is 11.6 Å². The van der Waals surface area contributed by atoms with Crippen LogP contribution in [0.3, 0.4) is 0 Å². The number of halogens is 1.